The molecule has 0 bridgehead atoms. The molecule has 1 N–H and O–H groups in total. The first-order chi connectivity index (χ1) is 7.84. The highest BCUT2D eigenvalue weighted by molar-refractivity contribution is 14.1. The van der Waals surface area contributed by atoms with Gasteiger partial charge in [0.15, 0.2) is 0 Å². The average molecular weight is 339 g/mol. The van der Waals surface area contributed by atoms with Gasteiger partial charge in [0.05, 0.1) is 12.5 Å². The van der Waals surface area contributed by atoms with E-state index in [-0.39, 0.29) is 11.8 Å². The van der Waals surface area contributed by atoms with Crippen molar-refractivity contribution >= 4 is 28.5 Å². The molecule has 1 amide bonds. The first-order valence-corrected chi connectivity index (χ1v) is 7.78. The predicted molar refractivity (Wildman–Crippen MR) is 73.9 cm³/mol. The molecule has 0 aliphatic carbocycles. The van der Waals surface area contributed by atoms with Gasteiger partial charge in [0.25, 0.3) is 0 Å². The second-order valence-corrected chi connectivity index (χ2v) is 5.39. The summed E-state index contributed by atoms with van der Waals surface area (Å²) in [6.07, 6.45) is 6.92. The number of rotatable bonds is 7. The molecule has 16 heavy (non-hydrogen) atoms. The fourth-order valence-electron chi connectivity index (χ4n) is 1.88. The van der Waals surface area contributed by atoms with Gasteiger partial charge in [-0.25, -0.2) is 0 Å². The lowest BCUT2D eigenvalue weighted by Gasteiger charge is -2.21. The van der Waals surface area contributed by atoms with E-state index in [0.717, 1.165) is 32.4 Å². The maximum Gasteiger partial charge on any atom is 0.225 e. The summed E-state index contributed by atoms with van der Waals surface area (Å²) in [6.45, 7) is 2.26. The quantitative estimate of drug-likeness (QED) is 0.440. The molecule has 0 saturated carbocycles. The Balaban J connectivity index is 1.97. The van der Waals surface area contributed by atoms with E-state index in [9.17, 15) is 4.79 Å². The minimum absolute atomic E-state index is 0.100. The number of hydrogen-bond acceptors (Lipinski definition) is 2. The van der Waals surface area contributed by atoms with Crippen LogP contribution in [-0.2, 0) is 9.53 Å². The molecule has 1 atom stereocenters. The van der Waals surface area contributed by atoms with Crippen LogP contribution in [0.5, 0.6) is 0 Å². The third-order valence-corrected chi connectivity index (χ3v) is 3.65. The highest BCUT2D eigenvalue weighted by Crippen LogP contribution is 2.13. The van der Waals surface area contributed by atoms with Crippen LogP contribution in [0.25, 0.3) is 0 Å². The molecule has 1 saturated heterocycles. The number of carbonyl (C=O) groups is 1. The smallest absolute Gasteiger partial charge is 0.225 e. The summed E-state index contributed by atoms with van der Waals surface area (Å²) in [5, 5.41) is 3.01. The summed E-state index contributed by atoms with van der Waals surface area (Å²) >= 11 is 2.40. The Kier molecular flexibility index (Phi) is 8.19. The number of ether oxygens (including phenoxy) is 1. The second-order valence-electron chi connectivity index (χ2n) is 4.31. The van der Waals surface area contributed by atoms with Crippen LogP contribution < -0.4 is 5.32 Å². The normalized spacial score (nSPS) is 20.7. The Hall–Kier alpha value is 0.160. The van der Waals surface area contributed by atoms with E-state index in [1.54, 1.807) is 0 Å². The first-order valence-electron chi connectivity index (χ1n) is 6.26. The molecular formula is C12H22INO2. The Morgan fingerprint density at radius 3 is 2.81 bits per heavy atom. The largest absolute Gasteiger partial charge is 0.381 e. The Bertz CT molecular complexity index is 193. The second kappa shape index (κ2) is 9.22. The Morgan fingerprint density at radius 1 is 1.31 bits per heavy atom. The summed E-state index contributed by atoms with van der Waals surface area (Å²) < 4.78 is 6.54. The summed E-state index contributed by atoms with van der Waals surface area (Å²) in [7, 11) is 0. The third-order valence-electron chi connectivity index (χ3n) is 2.89. The number of halogens is 1. The maximum atomic E-state index is 11.7. The Labute approximate surface area is 112 Å². The van der Waals surface area contributed by atoms with Crippen LogP contribution in [0, 0.1) is 5.92 Å². The van der Waals surface area contributed by atoms with Crippen LogP contribution in [0.4, 0.5) is 0 Å². The lowest BCUT2D eigenvalue weighted by Crippen LogP contribution is -2.36. The minimum atomic E-state index is 0.100. The molecular weight excluding hydrogens is 317 g/mol. The minimum Gasteiger partial charge on any atom is -0.381 e. The lowest BCUT2D eigenvalue weighted by atomic mass is 10.0. The number of nitrogens with one attached hydrogen (secondary N) is 1. The van der Waals surface area contributed by atoms with Crippen LogP contribution in [0.1, 0.15) is 38.5 Å². The lowest BCUT2D eigenvalue weighted by molar-refractivity contribution is -0.128. The van der Waals surface area contributed by atoms with E-state index >= 15 is 0 Å². The van der Waals surface area contributed by atoms with E-state index < -0.39 is 0 Å². The maximum absolute atomic E-state index is 11.7. The fourth-order valence-corrected chi connectivity index (χ4v) is 2.42. The van der Waals surface area contributed by atoms with E-state index in [1.165, 1.54) is 23.7 Å². The number of alkyl halides is 1. The van der Waals surface area contributed by atoms with Gasteiger partial charge >= 0.3 is 0 Å². The molecule has 0 radical (unpaired) electrons. The summed E-state index contributed by atoms with van der Waals surface area (Å²) in [5.74, 6) is 0.289. The first kappa shape index (κ1) is 14.2. The van der Waals surface area contributed by atoms with Crippen molar-refractivity contribution in [1.29, 1.82) is 0 Å². The zero-order chi connectivity index (χ0) is 11.6. The monoisotopic (exact) mass is 339 g/mol. The van der Waals surface area contributed by atoms with Gasteiger partial charge in [-0.2, -0.15) is 0 Å². The van der Waals surface area contributed by atoms with Gasteiger partial charge in [0.2, 0.25) is 5.91 Å². The SMILES string of the molecule is O=C(NCCCCCCI)C1CCCOC1. The van der Waals surface area contributed by atoms with Crippen molar-refractivity contribution in [3.8, 4) is 0 Å². The van der Waals surface area contributed by atoms with Crippen LogP contribution >= 0.6 is 22.6 Å². The fraction of sp³-hybridized carbons (Fsp3) is 0.917. The van der Waals surface area contributed by atoms with Crippen molar-refractivity contribution < 1.29 is 9.53 Å². The summed E-state index contributed by atoms with van der Waals surface area (Å²) in [6, 6.07) is 0. The molecule has 1 unspecified atom stereocenters. The van der Waals surface area contributed by atoms with Crippen LogP contribution in [-0.4, -0.2) is 30.1 Å². The predicted octanol–water partition coefficient (Wildman–Crippen LogP) is 2.52. The van der Waals surface area contributed by atoms with E-state index in [4.69, 9.17) is 4.74 Å². The van der Waals surface area contributed by atoms with Crippen molar-refractivity contribution in [2.45, 2.75) is 38.5 Å². The molecule has 1 rings (SSSR count). The molecule has 3 nitrogen and oxygen atoms in total. The Morgan fingerprint density at radius 2 is 2.12 bits per heavy atom. The van der Waals surface area contributed by atoms with E-state index in [2.05, 4.69) is 27.9 Å². The number of carbonyl (C=O) groups excluding carboxylic acids is 1. The molecule has 0 aromatic heterocycles. The van der Waals surface area contributed by atoms with Crippen molar-refractivity contribution in [2.75, 3.05) is 24.2 Å². The zero-order valence-corrected chi connectivity index (χ0v) is 12.0. The van der Waals surface area contributed by atoms with Crippen molar-refractivity contribution in [1.82, 2.24) is 5.32 Å². The third kappa shape index (κ3) is 6.03. The summed E-state index contributed by atoms with van der Waals surface area (Å²) in [4.78, 5) is 11.7. The highest BCUT2D eigenvalue weighted by Gasteiger charge is 2.20. The van der Waals surface area contributed by atoms with Crippen molar-refractivity contribution in [3.63, 3.8) is 0 Å². The van der Waals surface area contributed by atoms with Crippen LogP contribution in [0.3, 0.4) is 0 Å². The molecule has 0 aromatic rings. The van der Waals surface area contributed by atoms with Crippen LogP contribution in [0.2, 0.25) is 0 Å². The van der Waals surface area contributed by atoms with Gasteiger partial charge in [0, 0.05) is 13.2 Å². The molecule has 94 valence electrons. The van der Waals surface area contributed by atoms with Gasteiger partial charge in [-0.3, -0.25) is 4.79 Å². The zero-order valence-electron chi connectivity index (χ0n) is 9.84. The van der Waals surface area contributed by atoms with Crippen LogP contribution in [0.15, 0.2) is 0 Å². The summed E-state index contributed by atoms with van der Waals surface area (Å²) in [5.41, 5.74) is 0. The van der Waals surface area contributed by atoms with Crippen molar-refractivity contribution in [3.05, 3.63) is 0 Å². The topological polar surface area (TPSA) is 38.3 Å². The molecule has 1 heterocycles. The van der Waals surface area contributed by atoms with Crippen molar-refractivity contribution in [2.24, 2.45) is 5.92 Å². The van der Waals surface area contributed by atoms with E-state index in [1.807, 2.05) is 0 Å². The molecule has 1 aliphatic rings. The van der Waals surface area contributed by atoms with Gasteiger partial charge in [0.1, 0.15) is 0 Å². The molecule has 1 fully saturated rings. The standard InChI is InChI=1S/C12H22INO2/c13-7-3-1-2-4-8-14-12(15)11-6-5-9-16-10-11/h11H,1-10H2,(H,14,15). The highest BCUT2D eigenvalue weighted by atomic mass is 127. The number of unbranched alkanes of at least 4 members (excludes halogenated alkanes) is 3. The van der Waals surface area contributed by atoms with Gasteiger partial charge in [-0.05, 0) is 30.1 Å². The van der Waals surface area contributed by atoms with Gasteiger partial charge < -0.3 is 10.1 Å². The van der Waals surface area contributed by atoms with E-state index in [0.29, 0.717) is 6.61 Å². The van der Waals surface area contributed by atoms with Gasteiger partial charge in [-0.15, -0.1) is 0 Å². The average Bonchev–Trinajstić information content (AvgIpc) is 2.34. The number of amides is 1. The molecule has 0 spiro atoms. The molecule has 4 heteroatoms. The van der Waals surface area contributed by atoms with Gasteiger partial charge in [-0.1, -0.05) is 35.4 Å². The molecule has 0 aromatic carbocycles. The number of hydrogen-bond donors (Lipinski definition) is 1. The molecule has 1 aliphatic heterocycles.